The van der Waals surface area contributed by atoms with E-state index in [4.69, 9.17) is 0 Å². The van der Waals surface area contributed by atoms with Crippen molar-refractivity contribution < 1.29 is 4.79 Å². The number of nitrogens with one attached hydrogen (secondary N) is 1. The predicted molar refractivity (Wildman–Crippen MR) is 114 cm³/mol. The monoisotopic (exact) mass is 422 g/mol. The highest BCUT2D eigenvalue weighted by atomic mass is 32.2. The Kier molecular flexibility index (Phi) is 5.49. The third kappa shape index (κ3) is 3.90. The average molecular weight is 423 g/mol. The Balaban J connectivity index is 1.47. The number of rotatable bonds is 6. The number of hydrogen-bond donors (Lipinski definition) is 1. The fourth-order valence-corrected chi connectivity index (χ4v) is 3.61. The molecule has 4 rings (SSSR count). The minimum Gasteiger partial charge on any atom is -0.352 e. The fraction of sp³-hybridized carbons (Fsp3) is 0.300. The number of thioether (sulfide) groups is 1. The lowest BCUT2D eigenvalue weighted by Gasteiger charge is -2.11. The molecule has 0 spiro atoms. The minimum absolute atomic E-state index is 0.0790. The second-order valence-corrected chi connectivity index (χ2v) is 7.67. The normalized spacial score (nSPS) is 11.2. The number of hydrogen-bond acceptors (Lipinski definition) is 7. The molecule has 0 unspecified atom stereocenters. The van der Waals surface area contributed by atoms with Crippen LogP contribution < -0.4 is 5.32 Å². The van der Waals surface area contributed by atoms with Crippen LogP contribution in [0.3, 0.4) is 0 Å². The van der Waals surface area contributed by atoms with Crippen molar-refractivity contribution in [3.63, 3.8) is 0 Å². The van der Waals surface area contributed by atoms with Gasteiger partial charge in [-0.15, -0.1) is 5.10 Å². The van der Waals surface area contributed by atoms with Gasteiger partial charge in [0.05, 0.1) is 6.42 Å². The van der Waals surface area contributed by atoms with Crippen LogP contribution in [0.15, 0.2) is 35.9 Å². The maximum absolute atomic E-state index is 12.6. The van der Waals surface area contributed by atoms with Gasteiger partial charge in [0.2, 0.25) is 11.1 Å². The van der Waals surface area contributed by atoms with Crippen LogP contribution in [0.2, 0.25) is 0 Å². The SMILES string of the molecule is CSc1nc2nc(C)c(CC(=O)NCc3ccnc(-n4ccnc4C)c3)c(C)n2n1. The van der Waals surface area contributed by atoms with Gasteiger partial charge >= 0.3 is 0 Å². The Labute approximate surface area is 178 Å². The maximum atomic E-state index is 12.6. The zero-order valence-electron chi connectivity index (χ0n) is 17.2. The van der Waals surface area contributed by atoms with Crippen LogP contribution in [0.4, 0.5) is 0 Å². The summed E-state index contributed by atoms with van der Waals surface area (Å²) in [7, 11) is 0. The lowest BCUT2D eigenvalue weighted by molar-refractivity contribution is -0.120. The van der Waals surface area contributed by atoms with Gasteiger partial charge in [-0.25, -0.2) is 19.5 Å². The van der Waals surface area contributed by atoms with E-state index in [1.807, 2.05) is 49.9 Å². The van der Waals surface area contributed by atoms with Crippen LogP contribution >= 0.6 is 11.8 Å². The van der Waals surface area contributed by atoms with Crippen molar-refractivity contribution in [2.75, 3.05) is 6.26 Å². The summed E-state index contributed by atoms with van der Waals surface area (Å²) in [6.07, 6.45) is 7.48. The number of amides is 1. The Hall–Kier alpha value is -3.27. The molecule has 0 aliphatic carbocycles. The first-order chi connectivity index (χ1) is 14.5. The quantitative estimate of drug-likeness (QED) is 0.475. The van der Waals surface area contributed by atoms with Gasteiger partial charge in [-0.3, -0.25) is 9.36 Å². The number of aromatic nitrogens is 7. The number of aryl methyl sites for hydroxylation is 3. The van der Waals surface area contributed by atoms with Crippen LogP contribution in [0.25, 0.3) is 11.6 Å². The number of carbonyl (C=O) groups is 1. The molecule has 10 heteroatoms. The van der Waals surface area contributed by atoms with E-state index in [0.29, 0.717) is 17.5 Å². The molecule has 1 amide bonds. The van der Waals surface area contributed by atoms with E-state index in [1.165, 1.54) is 11.8 Å². The topological polar surface area (TPSA) is 103 Å². The van der Waals surface area contributed by atoms with E-state index in [9.17, 15) is 4.79 Å². The Morgan fingerprint density at radius 1 is 1.17 bits per heavy atom. The Bertz CT molecular complexity index is 1230. The minimum atomic E-state index is -0.0790. The number of fused-ring (bicyclic) bond motifs is 1. The Morgan fingerprint density at radius 2 is 2.00 bits per heavy atom. The Morgan fingerprint density at radius 3 is 2.73 bits per heavy atom. The van der Waals surface area contributed by atoms with Crippen LogP contribution in [0.1, 0.15) is 28.3 Å². The molecular weight excluding hydrogens is 400 g/mol. The molecule has 4 aromatic rings. The van der Waals surface area contributed by atoms with E-state index in [1.54, 1.807) is 16.9 Å². The molecule has 0 atom stereocenters. The summed E-state index contributed by atoms with van der Waals surface area (Å²) in [5, 5.41) is 8.08. The molecule has 0 fully saturated rings. The van der Waals surface area contributed by atoms with E-state index in [-0.39, 0.29) is 12.3 Å². The lowest BCUT2D eigenvalue weighted by atomic mass is 10.1. The molecule has 0 aromatic carbocycles. The predicted octanol–water partition coefficient (Wildman–Crippen LogP) is 2.21. The zero-order valence-corrected chi connectivity index (χ0v) is 18.1. The van der Waals surface area contributed by atoms with Crippen LogP contribution in [0, 0.1) is 20.8 Å². The molecule has 30 heavy (non-hydrogen) atoms. The lowest BCUT2D eigenvalue weighted by Crippen LogP contribution is -2.26. The molecule has 0 radical (unpaired) electrons. The second-order valence-electron chi connectivity index (χ2n) is 6.89. The summed E-state index contributed by atoms with van der Waals surface area (Å²) < 4.78 is 3.60. The van der Waals surface area contributed by atoms with Gasteiger partial charge in [0, 0.05) is 42.1 Å². The van der Waals surface area contributed by atoms with Crippen LogP contribution in [0.5, 0.6) is 0 Å². The standard InChI is InChI=1S/C20H22N8OS/c1-12-16(13(2)28-19(24-12)25-20(26-28)30-4)10-18(29)23-11-15-5-6-22-17(9-15)27-8-7-21-14(27)3/h5-9H,10-11H2,1-4H3,(H,23,29). The van der Waals surface area contributed by atoms with Crippen molar-refractivity contribution in [3.05, 3.63) is 59.1 Å². The number of imidazole rings is 1. The van der Waals surface area contributed by atoms with Crippen molar-refractivity contribution in [1.29, 1.82) is 0 Å². The molecule has 4 aromatic heterocycles. The highest BCUT2D eigenvalue weighted by Crippen LogP contribution is 2.17. The van der Waals surface area contributed by atoms with Crippen molar-refractivity contribution >= 4 is 23.4 Å². The van der Waals surface area contributed by atoms with Gasteiger partial charge in [0.15, 0.2) is 0 Å². The first-order valence-electron chi connectivity index (χ1n) is 9.45. The van der Waals surface area contributed by atoms with Gasteiger partial charge in [0.25, 0.3) is 5.78 Å². The molecule has 0 bridgehead atoms. The van der Waals surface area contributed by atoms with Gasteiger partial charge < -0.3 is 5.32 Å². The van der Waals surface area contributed by atoms with Gasteiger partial charge in [-0.2, -0.15) is 4.98 Å². The average Bonchev–Trinajstić information content (AvgIpc) is 3.35. The highest BCUT2D eigenvalue weighted by molar-refractivity contribution is 7.98. The van der Waals surface area contributed by atoms with Crippen molar-refractivity contribution in [2.45, 2.75) is 38.9 Å². The van der Waals surface area contributed by atoms with Gasteiger partial charge in [-0.1, -0.05) is 11.8 Å². The summed E-state index contributed by atoms with van der Waals surface area (Å²) >= 11 is 1.46. The summed E-state index contributed by atoms with van der Waals surface area (Å²) in [5.74, 6) is 2.10. The molecule has 1 N–H and O–H groups in total. The first-order valence-corrected chi connectivity index (χ1v) is 10.7. The first kappa shape index (κ1) is 20.0. The molecule has 4 heterocycles. The maximum Gasteiger partial charge on any atom is 0.253 e. The van der Waals surface area contributed by atoms with E-state index < -0.39 is 0 Å². The molecule has 0 aliphatic rings. The molecule has 9 nitrogen and oxygen atoms in total. The highest BCUT2D eigenvalue weighted by Gasteiger charge is 2.16. The fourth-order valence-electron chi connectivity index (χ4n) is 3.28. The number of pyridine rings is 1. The van der Waals surface area contributed by atoms with Gasteiger partial charge in [0.1, 0.15) is 11.6 Å². The van der Waals surface area contributed by atoms with E-state index in [0.717, 1.165) is 34.2 Å². The van der Waals surface area contributed by atoms with Crippen LogP contribution in [-0.4, -0.2) is 46.3 Å². The summed E-state index contributed by atoms with van der Waals surface area (Å²) in [4.78, 5) is 30.1. The molecule has 154 valence electrons. The molecular formula is C20H22N8OS. The van der Waals surface area contributed by atoms with E-state index >= 15 is 0 Å². The van der Waals surface area contributed by atoms with Crippen molar-refractivity contribution in [3.8, 4) is 5.82 Å². The third-order valence-electron chi connectivity index (χ3n) is 4.92. The number of nitrogens with zero attached hydrogens (tertiary/aromatic N) is 7. The van der Waals surface area contributed by atoms with Gasteiger partial charge in [-0.05, 0) is 44.7 Å². The van der Waals surface area contributed by atoms with E-state index in [2.05, 4.69) is 30.4 Å². The third-order valence-corrected chi connectivity index (χ3v) is 5.46. The van der Waals surface area contributed by atoms with Crippen LogP contribution in [-0.2, 0) is 17.8 Å². The molecule has 0 aliphatic heterocycles. The largest absolute Gasteiger partial charge is 0.352 e. The zero-order chi connectivity index (χ0) is 21.3. The van der Waals surface area contributed by atoms with Crippen molar-refractivity contribution in [1.82, 2.24) is 39.4 Å². The smallest absolute Gasteiger partial charge is 0.253 e. The van der Waals surface area contributed by atoms with Crippen molar-refractivity contribution in [2.24, 2.45) is 0 Å². The summed E-state index contributed by atoms with van der Waals surface area (Å²) in [5.41, 5.74) is 3.49. The molecule has 0 saturated heterocycles. The second kappa shape index (κ2) is 8.23. The number of carbonyl (C=O) groups excluding carboxylic acids is 1. The summed E-state index contributed by atoms with van der Waals surface area (Å²) in [6.45, 7) is 6.16. The molecule has 0 saturated carbocycles. The summed E-state index contributed by atoms with van der Waals surface area (Å²) in [6, 6.07) is 3.83.